The van der Waals surface area contributed by atoms with Crippen LogP contribution >= 0.6 is 0 Å². The molecule has 8 heteroatoms. The Morgan fingerprint density at radius 2 is 1.89 bits per heavy atom. The lowest BCUT2D eigenvalue weighted by molar-refractivity contribution is 0.300. The number of nitrogens with two attached hydrogens (primary N) is 1. The van der Waals surface area contributed by atoms with Crippen LogP contribution in [-0.4, -0.2) is 26.1 Å². The summed E-state index contributed by atoms with van der Waals surface area (Å²) in [4.78, 5) is 24.2. The highest BCUT2D eigenvalue weighted by Gasteiger charge is 2.20. The van der Waals surface area contributed by atoms with Crippen molar-refractivity contribution in [2.24, 2.45) is 5.92 Å². The summed E-state index contributed by atoms with van der Waals surface area (Å²) in [5.74, 6) is 2.65. The van der Waals surface area contributed by atoms with Gasteiger partial charge in [0.25, 0.3) is 0 Å². The third kappa shape index (κ3) is 4.98. The molecule has 0 radical (unpaired) electrons. The molecule has 2 aliphatic rings. The number of hydrogen-bond donors (Lipinski definition) is 2. The third-order valence-corrected chi connectivity index (χ3v) is 6.73. The number of aryl methyl sites for hydroxylation is 1. The fourth-order valence-electron chi connectivity index (χ4n) is 4.61. The number of fused-ring (bicyclic) bond motifs is 3. The Labute approximate surface area is 208 Å². The normalized spacial score (nSPS) is 16.4. The smallest absolute Gasteiger partial charge is 0.328 e. The summed E-state index contributed by atoms with van der Waals surface area (Å²) in [6, 6.07) is 14.6. The van der Waals surface area contributed by atoms with Gasteiger partial charge in [0.05, 0.1) is 13.2 Å². The van der Waals surface area contributed by atoms with Crippen LogP contribution in [0.4, 0.5) is 5.82 Å². The molecule has 3 heterocycles. The van der Waals surface area contributed by atoms with Crippen LogP contribution in [0.3, 0.4) is 0 Å². The zero-order valence-corrected chi connectivity index (χ0v) is 20.1. The molecule has 0 saturated heterocycles. The fourth-order valence-corrected chi connectivity index (χ4v) is 4.61. The maximum absolute atomic E-state index is 12.8. The van der Waals surface area contributed by atoms with Gasteiger partial charge in [0.2, 0.25) is 0 Å². The van der Waals surface area contributed by atoms with Gasteiger partial charge in [-0.15, -0.1) is 0 Å². The second kappa shape index (κ2) is 9.53. The molecule has 1 aliphatic heterocycles. The molecule has 2 aromatic heterocycles. The van der Waals surface area contributed by atoms with Gasteiger partial charge < -0.3 is 20.2 Å². The van der Waals surface area contributed by atoms with E-state index >= 15 is 0 Å². The van der Waals surface area contributed by atoms with Crippen LogP contribution in [0.15, 0.2) is 59.4 Å². The van der Waals surface area contributed by atoms with Crippen LogP contribution in [0.25, 0.3) is 11.2 Å². The number of anilines is 1. The lowest BCUT2D eigenvalue weighted by atomic mass is 10.1. The number of rotatable bonds is 5. The molecule has 184 valence electrons. The van der Waals surface area contributed by atoms with Crippen molar-refractivity contribution in [3.8, 4) is 17.5 Å². The SMILES string of the molecule is Nc1nc2nc3c1[nH]c(=O)n3Cc1cc(cc(Oc3ccc(CCC4CC4)cc3)c1)C/C=C\CCO2. The molecular formula is C28H29N5O3. The predicted molar refractivity (Wildman–Crippen MR) is 139 cm³/mol. The van der Waals surface area contributed by atoms with E-state index in [9.17, 15) is 4.79 Å². The van der Waals surface area contributed by atoms with Gasteiger partial charge in [-0.05, 0) is 72.6 Å². The highest BCUT2D eigenvalue weighted by atomic mass is 16.5. The Bertz CT molecular complexity index is 1480. The van der Waals surface area contributed by atoms with Crippen LogP contribution in [0, 0.1) is 5.92 Å². The first-order chi connectivity index (χ1) is 17.6. The quantitative estimate of drug-likeness (QED) is 0.396. The molecule has 4 bridgehead atoms. The summed E-state index contributed by atoms with van der Waals surface area (Å²) in [6.45, 7) is 0.726. The largest absolute Gasteiger partial charge is 0.463 e. The number of H-pyrrole nitrogens is 1. The van der Waals surface area contributed by atoms with E-state index in [2.05, 4.69) is 45.3 Å². The monoisotopic (exact) mass is 483 g/mol. The minimum atomic E-state index is -0.301. The maximum Gasteiger partial charge on any atom is 0.328 e. The van der Waals surface area contributed by atoms with E-state index in [1.54, 1.807) is 4.57 Å². The number of aromatic amines is 1. The van der Waals surface area contributed by atoms with Crippen LogP contribution in [0.2, 0.25) is 0 Å². The van der Waals surface area contributed by atoms with Crippen molar-refractivity contribution in [2.75, 3.05) is 12.3 Å². The number of imidazole rings is 1. The zero-order valence-electron chi connectivity index (χ0n) is 20.1. The summed E-state index contributed by atoms with van der Waals surface area (Å²) in [6.07, 6.45) is 10.8. The van der Waals surface area contributed by atoms with Crippen LogP contribution < -0.4 is 20.9 Å². The van der Waals surface area contributed by atoms with Crippen LogP contribution in [0.1, 0.15) is 42.4 Å². The van der Waals surface area contributed by atoms with E-state index in [4.69, 9.17) is 15.2 Å². The van der Waals surface area contributed by atoms with Gasteiger partial charge in [0, 0.05) is 0 Å². The van der Waals surface area contributed by atoms with E-state index in [1.807, 2.05) is 24.3 Å². The minimum absolute atomic E-state index is 0.163. The van der Waals surface area contributed by atoms with Crippen molar-refractivity contribution in [1.82, 2.24) is 19.5 Å². The fraction of sp³-hybridized carbons (Fsp3) is 0.321. The summed E-state index contributed by atoms with van der Waals surface area (Å²) >= 11 is 0. The molecule has 0 unspecified atom stereocenters. The number of ether oxygens (including phenoxy) is 2. The third-order valence-electron chi connectivity index (χ3n) is 6.73. The van der Waals surface area contributed by atoms with E-state index in [1.165, 1.54) is 24.8 Å². The van der Waals surface area contributed by atoms with Crippen LogP contribution in [0.5, 0.6) is 17.5 Å². The molecular weight excluding hydrogens is 454 g/mol. The molecule has 3 N–H and O–H groups in total. The van der Waals surface area contributed by atoms with Crippen molar-refractivity contribution >= 4 is 17.0 Å². The van der Waals surface area contributed by atoms with Gasteiger partial charge in [-0.25, -0.2) is 4.79 Å². The Hall–Kier alpha value is -4.07. The van der Waals surface area contributed by atoms with Crippen molar-refractivity contribution in [3.05, 3.63) is 81.8 Å². The number of nitrogens with one attached hydrogen (secondary N) is 1. The number of nitrogens with zero attached hydrogens (tertiary/aromatic N) is 3. The van der Waals surface area contributed by atoms with Crippen LogP contribution in [-0.2, 0) is 19.4 Å². The number of nitrogen functional groups attached to an aromatic ring is 1. The van der Waals surface area contributed by atoms with Crippen molar-refractivity contribution in [1.29, 1.82) is 0 Å². The lowest BCUT2D eigenvalue weighted by Crippen LogP contribution is -2.18. The van der Waals surface area contributed by atoms with Crippen molar-refractivity contribution < 1.29 is 9.47 Å². The highest BCUT2D eigenvalue weighted by molar-refractivity contribution is 5.82. The molecule has 6 rings (SSSR count). The predicted octanol–water partition coefficient (Wildman–Crippen LogP) is 4.77. The number of allylic oxidation sites excluding steroid dienone is 1. The highest BCUT2D eigenvalue weighted by Crippen LogP contribution is 2.34. The maximum atomic E-state index is 12.8. The molecule has 2 aromatic carbocycles. The molecule has 0 spiro atoms. The Balaban J connectivity index is 1.32. The van der Waals surface area contributed by atoms with Gasteiger partial charge in [0.1, 0.15) is 17.0 Å². The minimum Gasteiger partial charge on any atom is -0.463 e. The first-order valence-corrected chi connectivity index (χ1v) is 12.5. The van der Waals surface area contributed by atoms with Crippen molar-refractivity contribution in [2.45, 2.75) is 45.1 Å². The Kier molecular flexibility index (Phi) is 5.93. The van der Waals surface area contributed by atoms with Gasteiger partial charge in [0.15, 0.2) is 11.5 Å². The summed E-state index contributed by atoms with van der Waals surface area (Å²) in [5.41, 5.74) is 9.98. The molecule has 1 saturated carbocycles. The first kappa shape index (κ1) is 22.4. The molecule has 8 nitrogen and oxygen atoms in total. The average Bonchev–Trinajstić information content (AvgIpc) is 3.64. The van der Waals surface area contributed by atoms with E-state index in [-0.39, 0.29) is 17.5 Å². The van der Waals surface area contributed by atoms with E-state index in [0.717, 1.165) is 41.4 Å². The number of hydrogen-bond acceptors (Lipinski definition) is 6. The lowest BCUT2D eigenvalue weighted by Gasteiger charge is -2.12. The first-order valence-electron chi connectivity index (χ1n) is 12.5. The summed E-state index contributed by atoms with van der Waals surface area (Å²) in [7, 11) is 0. The Morgan fingerprint density at radius 1 is 1.06 bits per heavy atom. The Morgan fingerprint density at radius 3 is 2.72 bits per heavy atom. The van der Waals surface area contributed by atoms with E-state index in [0.29, 0.717) is 30.7 Å². The van der Waals surface area contributed by atoms with E-state index < -0.39 is 0 Å². The number of aromatic nitrogens is 4. The van der Waals surface area contributed by atoms with Gasteiger partial charge >= 0.3 is 11.7 Å². The standard InChI is InChI=1S/C28H29N5O3/c29-25-24-26-32-27(31-25)35-13-3-1-2-4-20-14-21(17-33(26)28(34)30-24)16-23(15-20)36-22-11-9-19(10-12-22)8-7-18-5-6-18/h1-2,9-12,14-16,18H,3-8,13,17H2,(H,30,34)(H2,29,31,32)/b2-1-. The van der Waals surface area contributed by atoms with Gasteiger partial charge in [-0.2, -0.15) is 9.97 Å². The summed E-state index contributed by atoms with van der Waals surface area (Å²) < 4.78 is 13.5. The molecule has 1 aliphatic carbocycles. The molecule has 0 amide bonds. The topological polar surface area (TPSA) is 108 Å². The van der Waals surface area contributed by atoms with Crippen molar-refractivity contribution in [3.63, 3.8) is 0 Å². The van der Waals surface area contributed by atoms with Gasteiger partial charge in [-0.3, -0.25) is 4.57 Å². The summed E-state index contributed by atoms with van der Waals surface area (Å²) in [5, 5.41) is 0. The average molecular weight is 484 g/mol. The molecule has 36 heavy (non-hydrogen) atoms. The second-order valence-electron chi connectivity index (χ2n) is 9.63. The van der Waals surface area contributed by atoms with Gasteiger partial charge in [-0.1, -0.05) is 43.2 Å². The molecule has 4 aromatic rings. The zero-order chi connectivity index (χ0) is 24.5. The second-order valence-corrected chi connectivity index (χ2v) is 9.63. The number of benzene rings is 2. The molecule has 0 atom stereocenters. The molecule has 1 fully saturated rings.